The van der Waals surface area contributed by atoms with E-state index in [9.17, 15) is 4.79 Å². The third kappa shape index (κ3) is 4.51. The lowest BCUT2D eigenvalue weighted by molar-refractivity contribution is -0.138. The van der Waals surface area contributed by atoms with E-state index in [-0.39, 0.29) is 6.54 Å². The molecule has 0 amide bonds. The normalized spacial score (nSPS) is 11.5. The molecule has 1 rings (SSSR count). The first-order valence-electron chi connectivity index (χ1n) is 6.49. The van der Waals surface area contributed by atoms with Gasteiger partial charge >= 0.3 is 5.97 Å². The minimum atomic E-state index is -0.821. The summed E-state index contributed by atoms with van der Waals surface area (Å²) in [7, 11) is 1.80. The van der Waals surface area contributed by atoms with Crippen LogP contribution in [-0.4, -0.2) is 38.8 Å². The van der Waals surface area contributed by atoms with Crippen molar-refractivity contribution in [2.75, 3.05) is 13.1 Å². The van der Waals surface area contributed by atoms with Crippen molar-refractivity contribution in [1.82, 2.24) is 14.7 Å². The Bertz CT molecular complexity index is 443. The van der Waals surface area contributed by atoms with Gasteiger partial charge in [-0.15, -0.1) is 0 Å². The molecule has 1 N–H and O–H groups in total. The van der Waals surface area contributed by atoms with E-state index in [0.29, 0.717) is 17.6 Å². The first-order chi connectivity index (χ1) is 8.85. The van der Waals surface area contributed by atoms with Crippen LogP contribution in [0.3, 0.4) is 0 Å². The number of nitrogens with zero attached hydrogens (tertiary/aromatic N) is 3. The number of halogens is 1. The van der Waals surface area contributed by atoms with Gasteiger partial charge in [-0.25, -0.2) is 0 Å². The third-order valence-electron chi connectivity index (χ3n) is 2.85. The summed E-state index contributed by atoms with van der Waals surface area (Å²) in [6.45, 7) is 7.43. The average Bonchev–Trinajstić information content (AvgIpc) is 2.55. The Kier molecular flexibility index (Phi) is 5.82. The third-order valence-corrected chi connectivity index (χ3v) is 3.32. The Labute approximate surface area is 119 Å². The number of rotatable bonds is 7. The van der Waals surface area contributed by atoms with Crippen LogP contribution in [0.25, 0.3) is 0 Å². The van der Waals surface area contributed by atoms with E-state index in [1.54, 1.807) is 11.7 Å². The predicted octanol–water partition coefficient (Wildman–Crippen LogP) is 2.18. The molecule has 0 bridgehead atoms. The largest absolute Gasteiger partial charge is 0.480 e. The van der Waals surface area contributed by atoms with Crippen LogP contribution in [0.5, 0.6) is 0 Å². The fourth-order valence-corrected chi connectivity index (χ4v) is 2.36. The number of carboxylic acid groups (broad SMARTS) is 1. The van der Waals surface area contributed by atoms with Crippen molar-refractivity contribution in [3.05, 3.63) is 16.4 Å². The second-order valence-corrected chi connectivity index (χ2v) is 5.51. The highest BCUT2D eigenvalue weighted by molar-refractivity contribution is 6.30. The standard InChI is InChI=1S/C13H22ClN3O2/c1-5-11-10(13(14)16(4)15-11)7-17(6-9(2)3)8-12(18)19/h9H,5-8H2,1-4H3,(H,18,19). The monoisotopic (exact) mass is 287 g/mol. The van der Waals surface area contributed by atoms with Gasteiger partial charge in [0, 0.05) is 25.7 Å². The maximum atomic E-state index is 10.9. The lowest BCUT2D eigenvalue weighted by Gasteiger charge is -2.22. The molecule has 0 unspecified atom stereocenters. The number of hydrogen-bond donors (Lipinski definition) is 1. The van der Waals surface area contributed by atoms with E-state index < -0.39 is 5.97 Å². The number of aryl methyl sites for hydroxylation is 2. The fourth-order valence-electron chi connectivity index (χ4n) is 2.16. The summed E-state index contributed by atoms with van der Waals surface area (Å²) in [6.07, 6.45) is 0.790. The van der Waals surface area contributed by atoms with Crippen LogP contribution in [0.4, 0.5) is 0 Å². The quantitative estimate of drug-likeness (QED) is 0.835. The Morgan fingerprint density at radius 2 is 2.16 bits per heavy atom. The van der Waals surface area contributed by atoms with Crippen molar-refractivity contribution in [3.8, 4) is 0 Å². The molecule has 0 saturated heterocycles. The highest BCUT2D eigenvalue weighted by atomic mass is 35.5. The summed E-state index contributed by atoms with van der Waals surface area (Å²) in [5.41, 5.74) is 1.88. The van der Waals surface area contributed by atoms with Crippen molar-refractivity contribution < 1.29 is 9.90 Å². The van der Waals surface area contributed by atoms with Gasteiger partial charge in [0.2, 0.25) is 0 Å². The van der Waals surface area contributed by atoms with Gasteiger partial charge in [-0.1, -0.05) is 32.4 Å². The van der Waals surface area contributed by atoms with Gasteiger partial charge in [0.05, 0.1) is 12.2 Å². The molecular weight excluding hydrogens is 266 g/mol. The lowest BCUT2D eigenvalue weighted by atomic mass is 10.1. The zero-order valence-electron chi connectivity index (χ0n) is 12.0. The summed E-state index contributed by atoms with van der Waals surface area (Å²) in [5.74, 6) is -0.418. The van der Waals surface area contributed by atoms with E-state index >= 15 is 0 Å². The van der Waals surface area contributed by atoms with E-state index in [2.05, 4.69) is 18.9 Å². The van der Waals surface area contributed by atoms with Gasteiger partial charge in [-0.05, 0) is 12.3 Å². The molecule has 0 aliphatic carbocycles. The molecule has 0 aliphatic heterocycles. The molecule has 5 nitrogen and oxygen atoms in total. The van der Waals surface area contributed by atoms with Crippen LogP contribution in [0, 0.1) is 5.92 Å². The molecule has 19 heavy (non-hydrogen) atoms. The number of aromatic nitrogens is 2. The van der Waals surface area contributed by atoms with Gasteiger partial charge in [0.25, 0.3) is 0 Å². The van der Waals surface area contributed by atoms with E-state index in [0.717, 1.165) is 24.2 Å². The van der Waals surface area contributed by atoms with Gasteiger partial charge in [-0.3, -0.25) is 14.4 Å². The molecule has 0 spiro atoms. The maximum absolute atomic E-state index is 10.9. The number of hydrogen-bond acceptors (Lipinski definition) is 3. The van der Waals surface area contributed by atoms with Crippen molar-refractivity contribution in [1.29, 1.82) is 0 Å². The maximum Gasteiger partial charge on any atom is 0.317 e. The molecule has 1 aromatic rings. The minimum Gasteiger partial charge on any atom is -0.480 e. The van der Waals surface area contributed by atoms with Crippen molar-refractivity contribution >= 4 is 17.6 Å². The molecule has 6 heteroatoms. The Balaban J connectivity index is 2.91. The molecule has 1 heterocycles. The van der Waals surface area contributed by atoms with Crippen molar-refractivity contribution in [3.63, 3.8) is 0 Å². The number of carbonyl (C=O) groups is 1. The first-order valence-corrected chi connectivity index (χ1v) is 6.87. The highest BCUT2D eigenvalue weighted by Crippen LogP contribution is 2.22. The van der Waals surface area contributed by atoms with Crippen LogP contribution < -0.4 is 0 Å². The number of aliphatic carboxylic acids is 1. The fraction of sp³-hybridized carbons (Fsp3) is 0.692. The molecule has 0 aromatic carbocycles. The molecule has 0 aliphatic rings. The van der Waals surface area contributed by atoms with Crippen LogP contribution in [0.1, 0.15) is 32.0 Å². The van der Waals surface area contributed by atoms with E-state index in [1.165, 1.54) is 0 Å². The molecule has 0 radical (unpaired) electrons. The van der Waals surface area contributed by atoms with Gasteiger partial charge < -0.3 is 5.11 Å². The Morgan fingerprint density at radius 3 is 2.63 bits per heavy atom. The SMILES string of the molecule is CCc1nn(C)c(Cl)c1CN(CC(=O)O)CC(C)C. The summed E-state index contributed by atoms with van der Waals surface area (Å²) in [6, 6.07) is 0. The van der Waals surface area contributed by atoms with Crippen LogP contribution in [0.15, 0.2) is 0 Å². The predicted molar refractivity (Wildman–Crippen MR) is 75.3 cm³/mol. The Hall–Kier alpha value is -1.07. The van der Waals surface area contributed by atoms with E-state index in [4.69, 9.17) is 16.7 Å². The topological polar surface area (TPSA) is 58.4 Å². The molecule has 1 aromatic heterocycles. The average molecular weight is 288 g/mol. The number of carboxylic acids is 1. The lowest BCUT2D eigenvalue weighted by Crippen LogP contribution is -2.32. The minimum absolute atomic E-state index is 0.0204. The second-order valence-electron chi connectivity index (χ2n) is 5.15. The van der Waals surface area contributed by atoms with Gasteiger partial charge in [-0.2, -0.15) is 5.10 Å². The molecule has 0 fully saturated rings. The Morgan fingerprint density at radius 1 is 1.53 bits per heavy atom. The van der Waals surface area contributed by atoms with Crippen LogP contribution in [-0.2, 0) is 24.8 Å². The van der Waals surface area contributed by atoms with Crippen LogP contribution >= 0.6 is 11.6 Å². The van der Waals surface area contributed by atoms with E-state index in [1.807, 2.05) is 11.8 Å². The summed E-state index contributed by atoms with van der Waals surface area (Å²) in [5, 5.41) is 13.9. The zero-order valence-corrected chi connectivity index (χ0v) is 12.7. The molecule has 0 atom stereocenters. The summed E-state index contributed by atoms with van der Waals surface area (Å²) >= 11 is 6.24. The molecule has 0 saturated carbocycles. The van der Waals surface area contributed by atoms with Gasteiger partial charge in [0.15, 0.2) is 0 Å². The summed E-state index contributed by atoms with van der Waals surface area (Å²) < 4.78 is 1.64. The van der Waals surface area contributed by atoms with Crippen molar-refractivity contribution in [2.24, 2.45) is 13.0 Å². The molecular formula is C13H22ClN3O2. The zero-order chi connectivity index (χ0) is 14.6. The first kappa shape index (κ1) is 16.0. The highest BCUT2D eigenvalue weighted by Gasteiger charge is 2.19. The smallest absolute Gasteiger partial charge is 0.317 e. The van der Waals surface area contributed by atoms with Crippen molar-refractivity contribution in [2.45, 2.75) is 33.7 Å². The van der Waals surface area contributed by atoms with Gasteiger partial charge in [0.1, 0.15) is 5.15 Å². The van der Waals surface area contributed by atoms with Crippen LogP contribution in [0.2, 0.25) is 5.15 Å². The summed E-state index contributed by atoms with van der Waals surface area (Å²) in [4.78, 5) is 12.8. The second kappa shape index (κ2) is 6.91. The molecule has 108 valence electrons.